The van der Waals surface area contributed by atoms with Gasteiger partial charge in [-0.2, -0.15) is 0 Å². The first-order chi connectivity index (χ1) is 7.68. The molecule has 2 atom stereocenters. The maximum absolute atomic E-state index is 4.35. The van der Waals surface area contributed by atoms with Crippen molar-refractivity contribution in [3.05, 3.63) is 18.2 Å². The Morgan fingerprint density at radius 1 is 1.44 bits per heavy atom. The lowest BCUT2D eigenvalue weighted by Gasteiger charge is -2.24. The van der Waals surface area contributed by atoms with E-state index in [1.165, 1.54) is 31.4 Å². The van der Waals surface area contributed by atoms with Crippen LogP contribution >= 0.6 is 0 Å². The number of aromatic nitrogens is 2. The Hall–Kier alpha value is -0.830. The van der Waals surface area contributed by atoms with Crippen molar-refractivity contribution in [3.63, 3.8) is 0 Å². The van der Waals surface area contributed by atoms with Gasteiger partial charge in [0.1, 0.15) is 0 Å². The second-order valence-electron chi connectivity index (χ2n) is 5.94. The number of hydrogen-bond acceptors (Lipinski definition) is 2. The summed E-state index contributed by atoms with van der Waals surface area (Å²) < 4.78 is 2.41. The molecule has 1 aromatic heterocycles. The summed E-state index contributed by atoms with van der Waals surface area (Å²) in [5.74, 6) is 0. The van der Waals surface area contributed by atoms with Crippen LogP contribution in [0.2, 0.25) is 0 Å². The van der Waals surface area contributed by atoms with E-state index in [0.29, 0.717) is 17.5 Å². The molecule has 1 saturated carbocycles. The zero-order chi connectivity index (χ0) is 11.2. The van der Waals surface area contributed by atoms with Gasteiger partial charge in [-0.15, -0.1) is 0 Å². The topological polar surface area (TPSA) is 29.9 Å². The van der Waals surface area contributed by atoms with Gasteiger partial charge in [-0.25, -0.2) is 4.98 Å². The normalized spacial score (nSPS) is 32.6. The third kappa shape index (κ3) is 1.67. The molecule has 1 N–H and O–H groups in total. The number of imidazole rings is 1. The highest BCUT2D eigenvalue weighted by atomic mass is 15.1. The van der Waals surface area contributed by atoms with Crippen LogP contribution in [0.1, 0.15) is 57.3 Å². The minimum atomic E-state index is 0.476. The summed E-state index contributed by atoms with van der Waals surface area (Å²) in [5.41, 5.74) is 1.87. The van der Waals surface area contributed by atoms with Crippen molar-refractivity contribution >= 4 is 0 Å². The van der Waals surface area contributed by atoms with Crippen LogP contribution in [0.3, 0.4) is 0 Å². The van der Waals surface area contributed by atoms with E-state index >= 15 is 0 Å². The van der Waals surface area contributed by atoms with Crippen molar-refractivity contribution in [1.29, 1.82) is 0 Å². The van der Waals surface area contributed by atoms with Gasteiger partial charge < -0.3 is 9.88 Å². The maximum Gasteiger partial charge on any atom is 0.0951 e. The van der Waals surface area contributed by atoms with E-state index in [1.807, 2.05) is 6.33 Å². The summed E-state index contributed by atoms with van der Waals surface area (Å²) in [6.07, 6.45) is 9.29. The Labute approximate surface area is 97.3 Å². The molecule has 2 aliphatic rings. The molecule has 0 spiro atoms. The molecule has 0 bridgehead atoms. The molecule has 88 valence electrons. The largest absolute Gasteiger partial charge is 0.329 e. The van der Waals surface area contributed by atoms with Gasteiger partial charge in [-0.3, -0.25) is 0 Å². The van der Waals surface area contributed by atoms with Gasteiger partial charge in [-0.1, -0.05) is 20.3 Å². The predicted molar refractivity (Wildman–Crippen MR) is 64.3 cm³/mol. The molecule has 3 rings (SSSR count). The predicted octanol–water partition coefficient (Wildman–Crippen LogP) is 2.67. The summed E-state index contributed by atoms with van der Waals surface area (Å²) in [7, 11) is 0. The van der Waals surface area contributed by atoms with Gasteiger partial charge in [0.25, 0.3) is 0 Å². The Balaban J connectivity index is 1.82. The highest BCUT2D eigenvalue weighted by Gasteiger charge is 2.48. The van der Waals surface area contributed by atoms with Crippen LogP contribution in [-0.2, 0) is 0 Å². The van der Waals surface area contributed by atoms with Crippen LogP contribution in [0.25, 0.3) is 0 Å². The molecule has 3 nitrogen and oxygen atoms in total. The summed E-state index contributed by atoms with van der Waals surface area (Å²) >= 11 is 0. The number of rotatable bonds is 2. The first-order valence-corrected chi connectivity index (χ1v) is 6.43. The molecule has 1 aromatic rings. The highest BCUT2D eigenvalue weighted by Crippen LogP contribution is 2.56. The lowest BCUT2D eigenvalue weighted by molar-refractivity contribution is 0.387. The molecule has 1 aliphatic carbocycles. The lowest BCUT2D eigenvalue weighted by atomic mass is 10.0. The van der Waals surface area contributed by atoms with Gasteiger partial charge in [-0.05, 0) is 31.2 Å². The van der Waals surface area contributed by atoms with Crippen LogP contribution in [0, 0.1) is 5.41 Å². The number of piperidine rings is 1. The summed E-state index contributed by atoms with van der Waals surface area (Å²) in [6.45, 7) is 5.84. The van der Waals surface area contributed by atoms with E-state index < -0.39 is 0 Å². The van der Waals surface area contributed by atoms with Crippen LogP contribution in [0.5, 0.6) is 0 Å². The molecule has 0 radical (unpaired) electrons. The maximum atomic E-state index is 4.35. The molecular formula is C13H21N3. The molecule has 16 heavy (non-hydrogen) atoms. The fourth-order valence-corrected chi connectivity index (χ4v) is 2.86. The summed E-state index contributed by atoms with van der Waals surface area (Å²) in [4.78, 5) is 4.35. The van der Waals surface area contributed by atoms with Gasteiger partial charge in [0, 0.05) is 18.3 Å². The Kier molecular flexibility index (Phi) is 2.32. The molecule has 3 heteroatoms. The minimum Gasteiger partial charge on any atom is -0.329 e. The zero-order valence-electron chi connectivity index (χ0n) is 10.2. The van der Waals surface area contributed by atoms with Gasteiger partial charge >= 0.3 is 0 Å². The summed E-state index contributed by atoms with van der Waals surface area (Å²) in [5, 5.41) is 3.61. The minimum absolute atomic E-state index is 0.476. The average molecular weight is 219 g/mol. The first-order valence-electron chi connectivity index (χ1n) is 6.43. The molecule has 2 unspecified atom stereocenters. The van der Waals surface area contributed by atoms with Crippen LogP contribution < -0.4 is 5.32 Å². The van der Waals surface area contributed by atoms with E-state index in [2.05, 4.69) is 34.9 Å². The van der Waals surface area contributed by atoms with Gasteiger partial charge in [0.15, 0.2) is 0 Å². The quantitative estimate of drug-likeness (QED) is 0.828. The highest BCUT2D eigenvalue weighted by molar-refractivity contribution is 5.13. The van der Waals surface area contributed by atoms with E-state index in [1.54, 1.807) is 0 Å². The van der Waals surface area contributed by atoms with Crippen LogP contribution in [0.15, 0.2) is 12.5 Å². The van der Waals surface area contributed by atoms with Gasteiger partial charge in [0.2, 0.25) is 0 Å². The number of hydrogen-bond donors (Lipinski definition) is 1. The second-order valence-corrected chi connectivity index (χ2v) is 5.94. The number of nitrogens with zero attached hydrogens (tertiary/aromatic N) is 2. The summed E-state index contributed by atoms with van der Waals surface area (Å²) in [6, 6.07) is 1.21. The fraction of sp³-hybridized carbons (Fsp3) is 0.769. The van der Waals surface area contributed by atoms with Crippen molar-refractivity contribution in [3.8, 4) is 0 Å². The van der Waals surface area contributed by atoms with E-state index in [9.17, 15) is 0 Å². The lowest BCUT2D eigenvalue weighted by Crippen LogP contribution is -2.28. The van der Waals surface area contributed by atoms with Crippen molar-refractivity contribution in [1.82, 2.24) is 14.9 Å². The van der Waals surface area contributed by atoms with E-state index in [0.717, 1.165) is 6.54 Å². The zero-order valence-corrected chi connectivity index (χ0v) is 10.2. The Morgan fingerprint density at radius 2 is 2.25 bits per heavy atom. The molecule has 0 amide bonds. The van der Waals surface area contributed by atoms with Crippen molar-refractivity contribution in [2.75, 3.05) is 6.54 Å². The SMILES string of the molecule is CC1(C)CC1n1cncc1C1CCCCN1. The third-order valence-electron chi connectivity index (χ3n) is 4.16. The van der Waals surface area contributed by atoms with Crippen molar-refractivity contribution < 1.29 is 0 Å². The van der Waals surface area contributed by atoms with Crippen LogP contribution in [0.4, 0.5) is 0 Å². The molecule has 1 saturated heterocycles. The van der Waals surface area contributed by atoms with Crippen molar-refractivity contribution in [2.24, 2.45) is 5.41 Å². The molecule has 0 aromatic carbocycles. The fourth-order valence-electron chi connectivity index (χ4n) is 2.86. The average Bonchev–Trinajstić information content (AvgIpc) is 2.75. The van der Waals surface area contributed by atoms with E-state index in [4.69, 9.17) is 0 Å². The molecule has 2 heterocycles. The van der Waals surface area contributed by atoms with E-state index in [-0.39, 0.29) is 0 Å². The number of nitrogens with one attached hydrogen (secondary N) is 1. The standard InChI is InChI=1S/C13H21N3/c1-13(2)7-12(13)16-9-14-8-11(16)10-5-3-4-6-15-10/h8-10,12,15H,3-7H2,1-2H3. The first kappa shape index (κ1) is 10.3. The monoisotopic (exact) mass is 219 g/mol. The molecule has 2 fully saturated rings. The van der Waals surface area contributed by atoms with Gasteiger partial charge in [0.05, 0.1) is 12.0 Å². The second kappa shape index (κ2) is 3.59. The Bertz CT molecular complexity index is 374. The third-order valence-corrected chi connectivity index (χ3v) is 4.16. The molecule has 1 aliphatic heterocycles. The Morgan fingerprint density at radius 3 is 2.88 bits per heavy atom. The molecular weight excluding hydrogens is 198 g/mol. The van der Waals surface area contributed by atoms with Crippen LogP contribution in [-0.4, -0.2) is 16.1 Å². The smallest absolute Gasteiger partial charge is 0.0951 e. The van der Waals surface area contributed by atoms with Crippen molar-refractivity contribution in [2.45, 2.75) is 51.6 Å².